The standard InChI is InChI=1S/C20H15ClF3NO2/c21-14-3-1-11-7-13-10-25(6-5-15(13)16(11)9-14)19(27)12-2-4-17(18(26)8-12)20(22,23)24/h1-4,8-9,26H,5-7,10H2. The van der Waals surface area contributed by atoms with Gasteiger partial charge < -0.3 is 10.0 Å². The summed E-state index contributed by atoms with van der Waals surface area (Å²) in [6.07, 6.45) is -3.25. The fraction of sp³-hybridized carbons (Fsp3) is 0.250. The number of amides is 1. The zero-order chi connectivity index (χ0) is 19.3. The Morgan fingerprint density at radius 2 is 1.93 bits per heavy atom. The molecule has 0 unspecified atom stereocenters. The third-order valence-electron chi connectivity index (χ3n) is 5.08. The fourth-order valence-electron chi connectivity index (χ4n) is 3.79. The average molecular weight is 394 g/mol. The molecule has 1 amide bonds. The molecule has 2 aromatic rings. The van der Waals surface area contributed by atoms with Crippen LogP contribution in [0.3, 0.4) is 0 Å². The third-order valence-corrected chi connectivity index (χ3v) is 5.31. The van der Waals surface area contributed by atoms with Crippen LogP contribution in [0.4, 0.5) is 13.2 Å². The minimum absolute atomic E-state index is 0.0445. The van der Waals surface area contributed by atoms with Crippen molar-refractivity contribution in [3.8, 4) is 5.75 Å². The summed E-state index contributed by atoms with van der Waals surface area (Å²) in [4.78, 5) is 14.3. The summed E-state index contributed by atoms with van der Waals surface area (Å²) >= 11 is 6.08. The van der Waals surface area contributed by atoms with E-state index >= 15 is 0 Å². The third kappa shape index (κ3) is 3.18. The largest absolute Gasteiger partial charge is 0.507 e. The highest BCUT2D eigenvalue weighted by Gasteiger charge is 2.35. The molecule has 4 rings (SSSR count). The quantitative estimate of drug-likeness (QED) is 0.747. The molecule has 27 heavy (non-hydrogen) atoms. The number of phenolic OH excluding ortho intramolecular Hbond substituents is 1. The predicted molar refractivity (Wildman–Crippen MR) is 95.7 cm³/mol. The molecule has 0 atom stereocenters. The number of halogens is 4. The van der Waals surface area contributed by atoms with Crippen molar-refractivity contribution < 1.29 is 23.1 Å². The highest BCUT2D eigenvalue weighted by molar-refractivity contribution is 6.30. The molecule has 3 nitrogen and oxygen atoms in total. The Morgan fingerprint density at radius 1 is 1.15 bits per heavy atom. The Hall–Kier alpha value is -2.47. The first-order valence-electron chi connectivity index (χ1n) is 8.43. The first-order chi connectivity index (χ1) is 12.7. The number of carbonyl (C=O) groups is 1. The summed E-state index contributed by atoms with van der Waals surface area (Å²) in [7, 11) is 0. The van der Waals surface area contributed by atoms with Crippen LogP contribution < -0.4 is 0 Å². The van der Waals surface area contributed by atoms with Crippen LogP contribution in [0.1, 0.15) is 33.5 Å². The molecule has 0 saturated heterocycles. The number of aromatic hydroxyl groups is 1. The van der Waals surface area contributed by atoms with Gasteiger partial charge in [-0.3, -0.25) is 4.79 Å². The van der Waals surface area contributed by atoms with E-state index in [1.807, 2.05) is 18.2 Å². The summed E-state index contributed by atoms with van der Waals surface area (Å²) in [5.74, 6) is -1.33. The summed E-state index contributed by atoms with van der Waals surface area (Å²) in [6, 6.07) is 8.49. The van der Waals surface area contributed by atoms with Crippen LogP contribution in [-0.2, 0) is 12.6 Å². The van der Waals surface area contributed by atoms with Crippen LogP contribution in [0.2, 0.25) is 5.02 Å². The molecular formula is C20H15ClF3NO2. The van der Waals surface area contributed by atoms with Gasteiger partial charge in [-0.25, -0.2) is 0 Å². The van der Waals surface area contributed by atoms with Crippen LogP contribution in [0, 0.1) is 0 Å². The topological polar surface area (TPSA) is 40.5 Å². The van der Waals surface area contributed by atoms with Crippen LogP contribution in [0.5, 0.6) is 5.75 Å². The average Bonchev–Trinajstić information content (AvgIpc) is 2.96. The molecule has 140 valence electrons. The second-order valence-corrected chi connectivity index (χ2v) is 7.20. The summed E-state index contributed by atoms with van der Waals surface area (Å²) in [6.45, 7) is 0.883. The molecule has 1 heterocycles. The SMILES string of the molecule is O=C(c1ccc(C(F)(F)F)c(O)c1)N1CCC2=C(Cc3ccc(Cl)cc32)C1. The van der Waals surface area contributed by atoms with Gasteiger partial charge in [0.05, 0.1) is 5.56 Å². The van der Waals surface area contributed by atoms with E-state index in [-0.39, 0.29) is 11.5 Å². The molecule has 2 aromatic carbocycles. The number of phenols is 1. The second kappa shape index (κ2) is 6.30. The summed E-state index contributed by atoms with van der Waals surface area (Å²) in [5, 5.41) is 10.3. The van der Waals surface area contributed by atoms with Gasteiger partial charge in [0.25, 0.3) is 5.91 Å². The van der Waals surface area contributed by atoms with E-state index in [9.17, 15) is 23.1 Å². The normalized spacial score (nSPS) is 16.4. The van der Waals surface area contributed by atoms with Crippen molar-refractivity contribution in [2.24, 2.45) is 0 Å². The van der Waals surface area contributed by atoms with Crippen molar-refractivity contribution in [3.05, 3.63) is 69.2 Å². The van der Waals surface area contributed by atoms with Crippen molar-refractivity contribution in [1.82, 2.24) is 4.90 Å². The van der Waals surface area contributed by atoms with E-state index in [1.54, 1.807) is 4.90 Å². The van der Waals surface area contributed by atoms with Gasteiger partial charge >= 0.3 is 6.18 Å². The molecule has 7 heteroatoms. The Kier molecular flexibility index (Phi) is 4.18. The Balaban J connectivity index is 1.56. The molecule has 0 spiro atoms. The van der Waals surface area contributed by atoms with E-state index in [0.717, 1.165) is 35.8 Å². The predicted octanol–water partition coefficient (Wildman–Crippen LogP) is 4.92. The highest BCUT2D eigenvalue weighted by Crippen LogP contribution is 2.40. The van der Waals surface area contributed by atoms with Gasteiger partial charge in [0, 0.05) is 23.7 Å². The minimum atomic E-state index is -4.66. The molecule has 0 radical (unpaired) electrons. The lowest BCUT2D eigenvalue weighted by molar-refractivity contribution is -0.138. The maximum absolute atomic E-state index is 12.8. The minimum Gasteiger partial charge on any atom is -0.507 e. The molecule has 0 bridgehead atoms. The monoisotopic (exact) mass is 393 g/mol. The molecule has 1 N–H and O–H groups in total. The Bertz CT molecular complexity index is 982. The first-order valence-corrected chi connectivity index (χ1v) is 8.81. The Morgan fingerprint density at radius 3 is 2.63 bits per heavy atom. The van der Waals surface area contributed by atoms with Gasteiger partial charge in [0.15, 0.2) is 0 Å². The lowest BCUT2D eigenvalue weighted by Gasteiger charge is -2.29. The smallest absolute Gasteiger partial charge is 0.419 e. The number of carbonyl (C=O) groups excluding carboxylic acids is 1. The maximum Gasteiger partial charge on any atom is 0.419 e. The summed E-state index contributed by atoms with van der Waals surface area (Å²) in [5.41, 5.74) is 3.52. The zero-order valence-electron chi connectivity index (χ0n) is 14.1. The van der Waals surface area contributed by atoms with Gasteiger partial charge in [-0.05, 0) is 65.4 Å². The van der Waals surface area contributed by atoms with Crippen LogP contribution >= 0.6 is 11.6 Å². The number of hydrogen-bond donors (Lipinski definition) is 1. The van der Waals surface area contributed by atoms with Crippen LogP contribution in [0.25, 0.3) is 5.57 Å². The second-order valence-electron chi connectivity index (χ2n) is 6.77. The maximum atomic E-state index is 12.8. The molecule has 0 fully saturated rings. The van der Waals surface area contributed by atoms with Gasteiger partial charge in [0.1, 0.15) is 5.75 Å². The van der Waals surface area contributed by atoms with Gasteiger partial charge in [-0.1, -0.05) is 17.7 Å². The van der Waals surface area contributed by atoms with Crippen molar-refractivity contribution >= 4 is 23.1 Å². The number of rotatable bonds is 1. The molecule has 2 aliphatic rings. The number of nitrogens with zero attached hydrogens (tertiary/aromatic N) is 1. The molecule has 0 aromatic heterocycles. The number of alkyl halides is 3. The van der Waals surface area contributed by atoms with E-state index in [1.165, 1.54) is 11.1 Å². The van der Waals surface area contributed by atoms with Crippen molar-refractivity contribution in [3.63, 3.8) is 0 Å². The Labute approximate surface area is 158 Å². The number of benzene rings is 2. The molecule has 0 saturated carbocycles. The van der Waals surface area contributed by atoms with E-state index in [2.05, 4.69) is 0 Å². The van der Waals surface area contributed by atoms with E-state index in [4.69, 9.17) is 11.6 Å². The van der Waals surface area contributed by atoms with Crippen molar-refractivity contribution in [2.75, 3.05) is 13.1 Å². The lowest BCUT2D eigenvalue weighted by Crippen LogP contribution is -2.36. The zero-order valence-corrected chi connectivity index (χ0v) is 14.9. The van der Waals surface area contributed by atoms with E-state index in [0.29, 0.717) is 24.5 Å². The molecule has 1 aliphatic heterocycles. The number of fused-ring (bicyclic) bond motifs is 2. The fourth-order valence-corrected chi connectivity index (χ4v) is 3.96. The number of hydrogen-bond acceptors (Lipinski definition) is 2. The molecular weight excluding hydrogens is 379 g/mol. The van der Waals surface area contributed by atoms with Gasteiger partial charge in [-0.15, -0.1) is 0 Å². The first kappa shape index (κ1) is 17.9. The molecule has 1 aliphatic carbocycles. The van der Waals surface area contributed by atoms with Crippen LogP contribution in [0.15, 0.2) is 42.0 Å². The summed E-state index contributed by atoms with van der Waals surface area (Å²) < 4.78 is 38.3. The van der Waals surface area contributed by atoms with Gasteiger partial charge in [0.2, 0.25) is 0 Å². The van der Waals surface area contributed by atoms with Crippen molar-refractivity contribution in [1.29, 1.82) is 0 Å². The highest BCUT2D eigenvalue weighted by atomic mass is 35.5. The van der Waals surface area contributed by atoms with Crippen LogP contribution in [-0.4, -0.2) is 29.0 Å². The van der Waals surface area contributed by atoms with E-state index < -0.39 is 17.5 Å². The lowest BCUT2D eigenvalue weighted by atomic mass is 9.98. The van der Waals surface area contributed by atoms with Gasteiger partial charge in [-0.2, -0.15) is 13.2 Å². The van der Waals surface area contributed by atoms with Crippen molar-refractivity contribution in [2.45, 2.75) is 19.0 Å².